The highest BCUT2D eigenvalue weighted by atomic mass is 32.1. The molecule has 0 unspecified atom stereocenters. The first kappa shape index (κ1) is 10.5. The average molecular weight is 215 g/mol. The molecule has 1 aromatic rings. The van der Waals surface area contributed by atoms with Crippen molar-refractivity contribution in [2.75, 3.05) is 14.1 Å². The van der Waals surface area contributed by atoms with Crippen molar-refractivity contribution in [1.82, 2.24) is 4.90 Å². The third-order valence-electron chi connectivity index (χ3n) is 1.43. The summed E-state index contributed by atoms with van der Waals surface area (Å²) in [6, 6.07) is 1.45. The Hall–Kier alpha value is -1.56. The zero-order chi connectivity index (χ0) is 10.7. The zero-order valence-corrected chi connectivity index (χ0v) is 8.50. The lowest BCUT2D eigenvalue weighted by Crippen LogP contribution is -2.21. The smallest absolute Gasteiger partial charge is 0.449 e. The summed E-state index contributed by atoms with van der Waals surface area (Å²) in [5.41, 5.74) is 0. The molecule has 1 heterocycles. The second-order valence-corrected chi connectivity index (χ2v) is 3.60. The van der Waals surface area contributed by atoms with Gasteiger partial charge >= 0.3 is 6.16 Å². The standard InChI is InChI=1S/C8H9NO4S/c1-9(2)7(10)6-5(3-4-14-6)13-8(11)12/h3-4H,1-2H3,(H,11,12). The zero-order valence-electron chi connectivity index (χ0n) is 7.68. The van der Waals surface area contributed by atoms with Crippen LogP contribution >= 0.6 is 11.3 Å². The van der Waals surface area contributed by atoms with Gasteiger partial charge in [0.05, 0.1) is 0 Å². The van der Waals surface area contributed by atoms with E-state index in [4.69, 9.17) is 5.11 Å². The van der Waals surface area contributed by atoms with E-state index in [1.165, 1.54) is 11.0 Å². The fourth-order valence-electron chi connectivity index (χ4n) is 0.831. The van der Waals surface area contributed by atoms with Crippen molar-refractivity contribution >= 4 is 23.4 Å². The van der Waals surface area contributed by atoms with Gasteiger partial charge < -0.3 is 14.7 Å². The molecular weight excluding hydrogens is 206 g/mol. The normalized spacial score (nSPS) is 9.57. The first-order valence-electron chi connectivity index (χ1n) is 3.72. The van der Waals surface area contributed by atoms with Crippen molar-refractivity contribution < 1.29 is 19.4 Å². The monoisotopic (exact) mass is 215 g/mol. The van der Waals surface area contributed by atoms with Crippen LogP contribution in [0.5, 0.6) is 5.75 Å². The van der Waals surface area contributed by atoms with Crippen LogP contribution in [0.3, 0.4) is 0 Å². The number of carboxylic acid groups (broad SMARTS) is 1. The van der Waals surface area contributed by atoms with E-state index in [2.05, 4.69) is 4.74 Å². The van der Waals surface area contributed by atoms with Crippen LogP contribution in [0.25, 0.3) is 0 Å². The van der Waals surface area contributed by atoms with Gasteiger partial charge in [-0.05, 0) is 11.4 Å². The van der Waals surface area contributed by atoms with Gasteiger partial charge in [0.15, 0.2) is 5.75 Å². The number of thiophene rings is 1. The summed E-state index contributed by atoms with van der Waals surface area (Å²) in [7, 11) is 3.18. The van der Waals surface area contributed by atoms with E-state index in [9.17, 15) is 9.59 Å². The maximum atomic E-state index is 11.5. The van der Waals surface area contributed by atoms with E-state index >= 15 is 0 Å². The van der Waals surface area contributed by atoms with E-state index in [1.807, 2.05) is 0 Å². The van der Waals surface area contributed by atoms with Crippen LogP contribution in [0, 0.1) is 0 Å². The van der Waals surface area contributed by atoms with E-state index < -0.39 is 6.16 Å². The van der Waals surface area contributed by atoms with Gasteiger partial charge in [-0.1, -0.05) is 0 Å². The molecule has 0 spiro atoms. The quantitative estimate of drug-likeness (QED) is 0.759. The highest BCUT2D eigenvalue weighted by Crippen LogP contribution is 2.25. The number of hydrogen-bond acceptors (Lipinski definition) is 4. The molecule has 0 aromatic carbocycles. The summed E-state index contributed by atoms with van der Waals surface area (Å²) in [5, 5.41) is 9.99. The lowest BCUT2D eigenvalue weighted by Gasteiger charge is -2.09. The number of carbonyl (C=O) groups is 2. The Morgan fingerprint density at radius 1 is 1.50 bits per heavy atom. The summed E-state index contributed by atoms with van der Waals surface area (Å²) in [4.78, 5) is 23.4. The number of carbonyl (C=O) groups excluding carboxylic acids is 1. The molecule has 6 heteroatoms. The third-order valence-corrected chi connectivity index (χ3v) is 2.31. The van der Waals surface area contributed by atoms with Crippen LogP contribution in [-0.2, 0) is 0 Å². The van der Waals surface area contributed by atoms with Crippen molar-refractivity contribution in [2.45, 2.75) is 0 Å². The van der Waals surface area contributed by atoms with Crippen LogP contribution in [-0.4, -0.2) is 36.2 Å². The highest BCUT2D eigenvalue weighted by molar-refractivity contribution is 7.12. The van der Waals surface area contributed by atoms with Gasteiger partial charge in [0.25, 0.3) is 5.91 Å². The molecule has 5 nitrogen and oxygen atoms in total. The van der Waals surface area contributed by atoms with Gasteiger partial charge in [0.1, 0.15) is 4.88 Å². The summed E-state index contributed by atoms with van der Waals surface area (Å²) in [5.74, 6) is -0.183. The van der Waals surface area contributed by atoms with Crippen molar-refractivity contribution in [3.05, 3.63) is 16.3 Å². The molecule has 0 atom stereocenters. The molecule has 0 saturated carbocycles. The molecule has 76 valence electrons. The van der Waals surface area contributed by atoms with E-state index in [1.54, 1.807) is 19.5 Å². The topological polar surface area (TPSA) is 66.8 Å². The minimum atomic E-state index is -1.42. The molecule has 0 saturated heterocycles. The Morgan fingerprint density at radius 3 is 2.64 bits per heavy atom. The predicted octanol–water partition coefficient (Wildman–Crippen LogP) is 1.51. The molecular formula is C8H9NO4S. The highest BCUT2D eigenvalue weighted by Gasteiger charge is 2.17. The molecule has 1 amide bonds. The fourth-order valence-corrected chi connectivity index (χ4v) is 1.67. The predicted molar refractivity (Wildman–Crippen MR) is 51.0 cm³/mol. The van der Waals surface area contributed by atoms with E-state index in [0.29, 0.717) is 0 Å². The Balaban J connectivity index is 2.92. The Morgan fingerprint density at radius 2 is 2.14 bits per heavy atom. The Labute approximate surface area is 84.5 Å². The van der Waals surface area contributed by atoms with Gasteiger partial charge in [-0.25, -0.2) is 4.79 Å². The number of amides is 1. The Kier molecular flexibility index (Phi) is 3.08. The number of rotatable bonds is 2. The molecule has 14 heavy (non-hydrogen) atoms. The third kappa shape index (κ3) is 2.23. The van der Waals surface area contributed by atoms with Crippen LogP contribution in [0.4, 0.5) is 4.79 Å². The summed E-state index contributed by atoms with van der Waals surface area (Å²) >= 11 is 1.15. The van der Waals surface area contributed by atoms with Gasteiger partial charge in [0, 0.05) is 14.1 Å². The van der Waals surface area contributed by atoms with Gasteiger partial charge in [-0.3, -0.25) is 4.79 Å². The van der Waals surface area contributed by atoms with Crippen LogP contribution in [0.2, 0.25) is 0 Å². The summed E-state index contributed by atoms with van der Waals surface area (Å²) in [6.45, 7) is 0. The average Bonchev–Trinajstić information content (AvgIpc) is 2.49. The van der Waals surface area contributed by atoms with E-state index in [0.717, 1.165) is 11.3 Å². The maximum absolute atomic E-state index is 11.5. The number of nitrogens with zero attached hydrogens (tertiary/aromatic N) is 1. The largest absolute Gasteiger partial charge is 0.511 e. The SMILES string of the molecule is CN(C)C(=O)c1sccc1OC(=O)O. The van der Waals surface area contributed by atoms with Crippen LogP contribution < -0.4 is 4.74 Å². The number of hydrogen-bond donors (Lipinski definition) is 1. The maximum Gasteiger partial charge on any atom is 0.511 e. The molecule has 0 bridgehead atoms. The lowest BCUT2D eigenvalue weighted by atomic mass is 10.4. The number of ether oxygens (including phenoxy) is 1. The molecule has 0 aliphatic rings. The second kappa shape index (κ2) is 4.10. The lowest BCUT2D eigenvalue weighted by molar-refractivity contribution is 0.0828. The van der Waals surface area contributed by atoms with Gasteiger partial charge in [0.2, 0.25) is 0 Å². The van der Waals surface area contributed by atoms with Crippen molar-refractivity contribution in [3.8, 4) is 5.75 Å². The van der Waals surface area contributed by atoms with E-state index in [-0.39, 0.29) is 16.5 Å². The summed E-state index contributed by atoms with van der Waals surface area (Å²) in [6.07, 6.45) is -1.42. The molecule has 0 radical (unpaired) electrons. The second-order valence-electron chi connectivity index (χ2n) is 2.68. The first-order valence-corrected chi connectivity index (χ1v) is 4.60. The van der Waals surface area contributed by atoms with Crippen LogP contribution in [0.1, 0.15) is 9.67 Å². The molecule has 0 fully saturated rings. The van der Waals surface area contributed by atoms with Crippen LogP contribution in [0.15, 0.2) is 11.4 Å². The first-order chi connectivity index (χ1) is 6.52. The van der Waals surface area contributed by atoms with Crippen molar-refractivity contribution in [1.29, 1.82) is 0 Å². The minimum Gasteiger partial charge on any atom is -0.449 e. The molecule has 1 rings (SSSR count). The van der Waals surface area contributed by atoms with Gasteiger partial charge in [-0.15, -0.1) is 11.3 Å². The molecule has 1 N–H and O–H groups in total. The minimum absolute atomic E-state index is 0.0844. The summed E-state index contributed by atoms with van der Waals surface area (Å²) < 4.78 is 4.44. The van der Waals surface area contributed by atoms with Gasteiger partial charge in [-0.2, -0.15) is 0 Å². The fraction of sp³-hybridized carbons (Fsp3) is 0.250. The Bertz CT molecular complexity index is 358. The van der Waals surface area contributed by atoms with Crippen molar-refractivity contribution in [3.63, 3.8) is 0 Å². The molecule has 1 aromatic heterocycles. The molecule has 0 aliphatic carbocycles. The van der Waals surface area contributed by atoms with Crippen molar-refractivity contribution in [2.24, 2.45) is 0 Å². The molecule has 0 aliphatic heterocycles.